The van der Waals surface area contributed by atoms with E-state index in [-0.39, 0.29) is 23.5 Å². The molecule has 0 spiro atoms. The second kappa shape index (κ2) is 10.3. The number of aromatic nitrogens is 2. The third-order valence-electron chi connectivity index (χ3n) is 5.78. The zero-order chi connectivity index (χ0) is 20.8. The summed E-state index contributed by atoms with van der Waals surface area (Å²) in [7, 11) is 0. The highest BCUT2D eigenvalue weighted by Gasteiger charge is 2.24. The molecule has 6 nitrogen and oxygen atoms in total. The molecule has 1 aromatic heterocycles. The van der Waals surface area contributed by atoms with Gasteiger partial charge in [-0.05, 0) is 50.5 Å². The van der Waals surface area contributed by atoms with Crippen molar-refractivity contribution < 1.29 is 9.53 Å². The van der Waals surface area contributed by atoms with Crippen LogP contribution in [0.1, 0.15) is 42.5 Å². The van der Waals surface area contributed by atoms with Gasteiger partial charge in [0.2, 0.25) is 5.91 Å². The number of rotatable bonds is 8. The number of carbonyl (C=O) groups excluding carboxylic acids is 1. The highest BCUT2D eigenvalue weighted by Crippen LogP contribution is 2.29. The van der Waals surface area contributed by atoms with E-state index in [2.05, 4.69) is 22.4 Å². The largest absolute Gasteiger partial charge is 0.376 e. The lowest BCUT2D eigenvalue weighted by molar-refractivity contribution is -0.118. The van der Waals surface area contributed by atoms with Crippen molar-refractivity contribution in [2.75, 3.05) is 18.9 Å². The Hall–Kier alpha value is -2.12. The molecule has 4 rings (SSSR count). The number of benzene rings is 1. The lowest BCUT2D eigenvalue weighted by atomic mass is 9.97. The van der Waals surface area contributed by atoms with Crippen LogP contribution in [0.25, 0.3) is 0 Å². The van der Waals surface area contributed by atoms with Crippen molar-refractivity contribution in [2.45, 2.75) is 62.6 Å². The van der Waals surface area contributed by atoms with E-state index in [1.807, 2.05) is 22.8 Å². The highest BCUT2D eigenvalue weighted by molar-refractivity contribution is 7.99. The standard InChI is InChI=1S/C23H29N3O3S/c27-21(24-13-12-17-7-2-1-3-8-17)16-30-22-19-10-4-5-11-20(19)26(23(28)25-22)15-18-9-6-14-29-18/h1-3,7-8,18H,4-6,9-16H2,(H,24,27). The molecule has 2 aromatic rings. The molecule has 1 N–H and O–H groups in total. The van der Waals surface area contributed by atoms with Gasteiger partial charge in [-0.2, -0.15) is 4.98 Å². The average molecular weight is 428 g/mol. The van der Waals surface area contributed by atoms with Crippen molar-refractivity contribution >= 4 is 17.7 Å². The van der Waals surface area contributed by atoms with Crippen LogP contribution in [0.4, 0.5) is 0 Å². The van der Waals surface area contributed by atoms with Crippen LogP contribution in [0.5, 0.6) is 0 Å². The van der Waals surface area contributed by atoms with Crippen LogP contribution < -0.4 is 11.0 Å². The molecular weight excluding hydrogens is 398 g/mol. The number of amides is 1. The van der Waals surface area contributed by atoms with E-state index in [0.717, 1.165) is 67.8 Å². The molecule has 1 aromatic carbocycles. The van der Waals surface area contributed by atoms with Gasteiger partial charge >= 0.3 is 5.69 Å². The number of carbonyl (C=O) groups is 1. The number of nitrogens with one attached hydrogen (secondary N) is 1. The fraction of sp³-hybridized carbons (Fsp3) is 0.522. The summed E-state index contributed by atoms with van der Waals surface area (Å²) in [5.74, 6) is 0.259. The van der Waals surface area contributed by atoms with Crippen LogP contribution in [0.15, 0.2) is 40.2 Å². The normalized spacial score (nSPS) is 18.2. The zero-order valence-electron chi connectivity index (χ0n) is 17.3. The fourth-order valence-electron chi connectivity index (χ4n) is 4.22. The number of nitrogens with zero attached hydrogens (tertiary/aromatic N) is 2. The summed E-state index contributed by atoms with van der Waals surface area (Å²) >= 11 is 1.39. The molecular formula is C23H29N3O3S. The van der Waals surface area contributed by atoms with E-state index in [1.165, 1.54) is 17.3 Å². The first-order valence-electron chi connectivity index (χ1n) is 10.9. The van der Waals surface area contributed by atoms with Gasteiger partial charge in [0.05, 0.1) is 18.4 Å². The van der Waals surface area contributed by atoms with Gasteiger partial charge in [-0.3, -0.25) is 9.36 Å². The van der Waals surface area contributed by atoms with Crippen molar-refractivity contribution in [1.82, 2.24) is 14.9 Å². The number of fused-ring (bicyclic) bond motifs is 1. The third-order valence-corrected chi connectivity index (χ3v) is 6.80. The van der Waals surface area contributed by atoms with Gasteiger partial charge in [-0.15, -0.1) is 0 Å². The first kappa shape index (κ1) is 21.1. The second-order valence-electron chi connectivity index (χ2n) is 7.95. The van der Waals surface area contributed by atoms with Crippen LogP contribution in [0.3, 0.4) is 0 Å². The second-order valence-corrected chi connectivity index (χ2v) is 8.92. The van der Waals surface area contributed by atoms with E-state index in [0.29, 0.717) is 13.1 Å². The van der Waals surface area contributed by atoms with E-state index in [4.69, 9.17) is 4.74 Å². The SMILES string of the molecule is O=C(CSc1nc(=O)n(CC2CCCO2)c2c1CCCC2)NCCc1ccccc1. The summed E-state index contributed by atoms with van der Waals surface area (Å²) in [6, 6.07) is 10.1. The zero-order valence-corrected chi connectivity index (χ0v) is 18.1. The van der Waals surface area contributed by atoms with Crippen LogP contribution in [-0.4, -0.2) is 40.5 Å². The van der Waals surface area contributed by atoms with Crippen molar-refractivity contribution in [1.29, 1.82) is 0 Å². The summed E-state index contributed by atoms with van der Waals surface area (Å²) in [6.45, 7) is 1.99. The topological polar surface area (TPSA) is 73.2 Å². The van der Waals surface area contributed by atoms with E-state index in [1.54, 1.807) is 0 Å². The van der Waals surface area contributed by atoms with Gasteiger partial charge in [-0.1, -0.05) is 42.1 Å². The summed E-state index contributed by atoms with van der Waals surface area (Å²) in [5, 5.41) is 3.70. The smallest absolute Gasteiger partial charge is 0.348 e. The average Bonchev–Trinajstić information content (AvgIpc) is 3.28. The van der Waals surface area contributed by atoms with Crippen molar-refractivity contribution in [3.05, 3.63) is 57.6 Å². The monoisotopic (exact) mass is 427 g/mol. The summed E-state index contributed by atoms with van der Waals surface area (Å²) in [4.78, 5) is 29.4. The molecule has 0 radical (unpaired) electrons. The molecule has 1 saturated heterocycles. The lowest BCUT2D eigenvalue weighted by Crippen LogP contribution is -2.34. The predicted octanol–water partition coefficient (Wildman–Crippen LogP) is 2.75. The van der Waals surface area contributed by atoms with Crippen molar-refractivity contribution in [3.8, 4) is 0 Å². The van der Waals surface area contributed by atoms with Gasteiger partial charge in [0.1, 0.15) is 5.03 Å². The van der Waals surface area contributed by atoms with Gasteiger partial charge in [0.15, 0.2) is 0 Å². The summed E-state index contributed by atoms with van der Waals surface area (Å²) < 4.78 is 7.56. The number of ether oxygens (including phenoxy) is 1. The molecule has 1 unspecified atom stereocenters. The Kier molecular flexibility index (Phi) is 7.23. The molecule has 0 bridgehead atoms. The Morgan fingerprint density at radius 3 is 2.83 bits per heavy atom. The van der Waals surface area contributed by atoms with E-state index < -0.39 is 0 Å². The molecule has 30 heavy (non-hydrogen) atoms. The molecule has 1 aliphatic heterocycles. The first-order chi connectivity index (χ1) is 14.7. The van der Waals surface area contributed by atoms with Crippen molar-refractivity contribution in [3.63, 3.8) is 0 Å². The maximum absolute atomic E-state index is 12.8. The van der Waals surface area contributed by atoms with Gasteiger partial charge in [0.25, 0.3) is 0 Å². The Balaban J connectivity index is 1.38. The summed E-state index contributed by atoms with van der Waals surface area (Å²) in [6.07, 6.45) is 7.00. The highest BCUT2D eigenvalue weighted by atomic mass is 32.2. The Labute approximate surface area is 181 Å². The third kappa shape index (κ3) is 5.32. The molecule has 7 heteroatoms. The molecule has 1 atom stereocenters. The number of hydrogen-bond donors (Lipinski definition) is 1. The molecule has 1 aliphatic carbocycles. The van der Waals surface area contributed by atoms with Crippen LogP contribution in [0.2, 0.25) is 0 Å². The van der Waals surface area contributed by atoms with Crippen LogP contribution in [0, 0.1) is 0 Å². The summed E-state index contributed by atoms with van der Waals surface area (Å²) in [5.41, 5.74) is 3.25. The van der Waals surface area contributed by atoms with Gasteiger partial charge in [-0.25, -0.2) is 4.79 Å². The maximum Gasteiger partial charge on any atom is 0.348 e. The van der Waals surface area contributed by atoms with Gasteiger partial charge in [0, 0.05) is 24.4 Å². The van der Waals surface area contributed by atoms with Crippen LogP contribution >= 0.6 is 11.8 Å². The van der Waals surface area contributed by atoms with Gasteiger partial charge < -0.3 is 10.1 Å². The first-order valence-corrected chi connectivity index (χ1v) is 11.9. The Morgan fingerprint density at radius 1 is 1.20 bits per heavy atom. The molecule has 0 saturated carbocycles. The van der Waals surface area contributed by atoms with E-state index in [9.17, 15) is 9.59 Å². The molecule has 1 fully saturated rings. The minimum absolute atomic E-state index is 0.0224. The molecule has 1 amide bonds. The lowest BCUT2D eigenvalue weighted by Gasteiger charge is -2.24. The number of thioether (sulfide) groups is 1. The Bertz CT molecular complexity index is 923. The quantitative estimate of drug-likeness (QED) is 0.518. The molecule has 2 heterocycles. The number of hydrogen-bond acceptors (Lipinski definition) is 5. The molecule has 2 aliphatic rings. The minimum atomic E-state index is -0.210. The predicted molar refractivity (Wildman–Crippen MR) is 118 cm³/mol. The van der Waals surface area contributed by atoms with Crippen molar-refractivity contribution in [2.24, 2.45) is 0 Å². The molecule has 160 valence electrons. The maximum atomic E-state index is 12.8. The minimum Gasteiger partial charge on any atom is -0.376 e. The Morgan fingerprint density at radius 2 is 2.03 bits per heavy atom. The fourth-order valence-corrected chi connectivity index (χ4v) is 5.13. The van der Waals surface area contributed by atoms with E-state index >= 15 is 0 Å². The van der Waals surface area contributed by atoms with Crippen LogP contribution in [-0.2, 0) is 35.3 Å².